The lowest BCUT2D eigenvalue weighted by atomic mass is 10.2. The van der Waals surface area contributed by atoms with Crippen LogP contribution in [0.4, 0.5) is 5.82 Å². The summed E-state index contributed by atoms with van der Waals surface area (Å²) in [5.41, 5.74) is 0.794. The van der Waals surface area contributed by atoms with Gasteiger partial charge in [0.1, 0.15) is 12.1 Å². The Morgan fingerprint density at radius 1 is 1.37 bits per heavy atom. The van der Waals surface area contributed by atoms with Gasteiger partial charge in [-0.15, -0.1) is 24.0 Å². The summed E-state index contributed by atoms with van der Waals surface area (Å²) < 4.78 is 1.72. The van der Waals surface area contributed by atoms with E-state index in [1.165, 1.54) is 6.33 Å². The lowest BCUT2D eigenvalue weighted by Gasteiger charge is -2.20. The van der Waals surface area contributed by atoms with Gasteiger partial charge in [0.25, 0.3) is 0 Å². The fourth-order valence-electron chi connectivity index (χ4n) is 3.40. The third-order valence-corrected chi connectivity index (χ3v) is 4.88. The van der Waals surface area contributed by atoms with Gasteiger partial charge in [-0.25, -0.2) is 9.97 Å². The molecule has 3 N–H and O–H groups in total. The standard InChI is InChI=1S/C19H31N9O.HI/c1-5-20-19(26-14-6-9-28(11-14)18(29)13(2)3)22-8-7-21-16-15-10-25-27(4)17(15)24-12-23-16;/h10,12-14H,5-9,11H2,1-4H3,(H2,20,22,26)(H,21,23,24);1H. The summed E-state index contributed by atoms with van der Waals surface area (Å²) in [5.74, 6) is 1.78. The fraction of sp³-hybridized carbons (Fsp3) is 0.632. The Balaban J connectivity index is 0.00000320. The van der Waals surface area contributed by atoms with Crippen molar-refractivity contribution in [2.24, 2.45) is 18.0 Å². The molecule has 1 unspecified atom stereocenters. The highest BCUT2D eigenvalue weighted by Crippen LogP contribution is 2.17. The van der Waals surface area contributed by atoms with E-state index >= 15 is 0 Å². The van der Waals surface area contributed by atoms with Crippen molar-refractivity contribution in [3.63, 3.8) is 0 Å². The summed E-state index contributed by atoms with van der Waals surface area (Å²) in [5, 5.41) is 15.1. The molecule has 0 saturated carbocycles. The molecule has 0 aliphatic carbocycles. The second-order valence-corrected chi connectivity index (χ2v) is 7.48. The number of guanidine groups is 1. The van der Waals surface area contributed by atoms with E-state index in [1.54, 1.807) is 10.9 Å². The minimum Gasteiger partial charge on any atom is -0.367 e. The molecule has 11 heteroatoms. The molecule has 1 aliphatic heterocycles. The van der Waals surface area contributed by atoms with E-state index in [0.29, 0.717) is 13.1 Å². The third-order valence-electron chi connectivity index (χ3n) is 4.88. The van der Waals surface area contributed by atoms with Crippen LogP contribution in [-0.2, 0) is 11.8 Å². The third kappa shape index (κ3) is 5.92. The van der Waals surface area contributed by atoms with Crippen molar-refractivity contribution in [2.75, 3.05) is 38.0 Å². The van der Waals surface area contributed by atoms with Gasteiger partial charge in [-0.3, -0.25) is 14.5 Å². The number of aryl methyl sites for hydroxylation is 1. The number of halogens is 1. The zero-order chi connectivity index (χ0) is 20.8. The Morgan fingerprint density at radius 2 is 2.17 bits per heavy atom. The second-order valence-electron chi connectivity index (χ2n) is 7.48. The van der Waals surface area contributed by atoms with Gasteiger partial charge in [-0.05, 0) is 13.3 Å². The molecule has 1 saturated heterocycles. The van der Waals surface area contributed by atoms with Gasteiger partial charge in [-0.2, -0.15) is 5.10 Å². The summed E-state index contributed by atoms with van der Waals surface area (Å²) in [6, 6.07) is 0.223. The largest absolute Gasteiger partial charge is 0.367 e. The van der Waals surface area contributed by atoms with E-state index in [-0.39, 0.29) is 41.8 Å². The molecule has 10 nitrogen and oxygen atoms in total. The number of nitrogens with one attached hydrogen (secondary N) is 3. The zero-order valence-electron chi connectivity index (χ0n) is 18.1. The number of carbonyl (C=O) groups is 1. The molecular formula is C19H32IN9O. The van der Waals surface area contributed by atoms with Gasteiger partial charge in [0.15, 0.2) is 11.6 Å². The number of aromatic nitrogens is 4. The fourth-order valence-corrected chi connectivity index (χ4v) is 3.40. The van der Waals surface area contributed by atoms with Crippen molar-refractivity contribution < 1.29 is 4.79 Å². The smallest absolute Gasteiger partial charge is 0.225 e. The molecule has 0 bridgehead atoms. The lowest BCUT2D eigenvalue weighted by Crippen LogP contribution is -2.45. The topological polar surface area (TPSA) is 112 Å². The molecule has 3 rings (SSSR count). The monoisotopic (exact) mass is 529 g/mol. The van der Waals surface area contributed by atoms with Crippen LogP contribution >= 0.6 is 24.0 Å². The zero-order valence-corrected chi connectivity index (χ0v) is 20.4. The van der Waals surface area contributed by atoms with Crippen molar-refractivity contribution in [1.29, 1.82) is 0 Å². The molecule has 30 heavy (non-hydrogen) atoms. The lowest BCUT2D eigenvalue weighted by molar-refractivity contribution is -0.133. The summed E-state index contributed by atoms with van der Waals surface area (Å²) >= 11 is 0. The predicted molar refractivity (Wildman–Crippen MR) is 129 cm³/mol. The summed E-state index contributed by atoms with van der Waals surface area (Å²) in [6.07, 6.45) is 4.23. The number of carbonyl (C=O) groups excluding carboxylic acids is 1. The van der Waals surface area contributed by atoms with Crippen LogP contribution in [0.1, 0.15) is 27.2 Å². The van der Waals surface area contributed by atoms with E-state index in [1.807, 2.05) is 32.7 Å². The van der Waals surface area contributed by atoms with Crippen LogP contribution in [-0.4, -0.2) is 75.3 Å². The van der Waals surface area contributed by atoms with Gasteiger partial charge in [-0.1, -0.05) is 13.8 Å². The average molecular weight is 529 g/mol. The normalized spacial score (nSPS) is 16.6. The van der Waals surface area contributed by atoms with Gasteiger partial charge >= 0.3 is 0 Å². The first-order valence-electron chi connectivity index (χ1n) is 10.2. The molecule has 2 aromatic rings. The van der Waals surface area contributed by atoms with Crippen LogP contribution in [0.15, 0.2) is 17.5 Å². The predicted octanol–water partition coefficient (Wildman–Crippen LogP) is 1.21. The second kappa shape index (κ2) is 11.3. The van der Waals surface area contributed by atoms with Gasteiger partial charge in [0.05, 0.1) is 18.1 Å². The minimum atomic E-state index is 0. The Hall–Kier alpha value is -2.18. The Labute approximate surface area is 194 Å². The number of fused-ring (bicyclic) bond motifs is 1. The summed E-state index contributed by atoms with van der Waals surface area (Å²) in [7, 11) is 1.86. The first kappa shape index (κ1) is 24.1. The number of hydrogen-bond acceptors (Lipinski definition) is 6. The van der Waals surface area contributed by atoms with Crippen LogP contribution < -0.4 is 16.0 Å². The number of likely N-dealkylation sites (tertiary alicyclic amines) is 1. The molecule has 0 aromatic carbocycles. The van der Waals surface area contributed by atoms with Gasteiger partial charge in [0.2, 0.25) is 5.91 Å². The molecule has 166 valence electrons. The molecule has 1 atom stereocenters. The number of nitrogens with zero attached hydrogens (tertiary/aromatic N) is 6. The highest BCUT2D eigenvalue weighted by molar-refractivity contribution is 14.0. The summed E-state index contributed by atoms with van der Waals surface area (Å²) in [6.45, 7) is 9.45. The Bertz CT molecular complexity index is 867. The average Bonchev–Trinajstić information content (AvgIpc) is 3.32. The number of hydrogen-bond donors (Lipinski definition) is 3. The minimum absolute atomic E-state index is 0. The van der Waals surface area contributed by atoms with Crippen molar-refractivity contribution in [3.8, 4) is 0 Å². The van der Waals surface area contributed by atoms with E-state index in [0.717, 1.165) is 48.9 Å². The molecule has 0 radical (unpaired) electrons. The van der Waals surface area contributed by atoms with E-state index < -0.39 is 0 Å². The SMILES string of the molecule is CCNC(=NCCNc1ncnc2c1cnn2C)NC1CCN(C(=O)C(C)C)C1.I. The maximum absolute atomic E-state index is 12.2. The first-order chi connectivity index (χ1) is 14.0. The number of amides is 1. The van der Waals surface area contributed by atoms with Gasteiger partial charge < -0.3 is 20.9 Å². The summed E-state index contributed by atoms with van der Waals surface area (Å²) in [4.78, 5) is 27.3. The molecule has 1 amide bonds. The van der Waals surface area contributed by atoms with Crippen LogP contribution in [0.25, 0.3) is 11.0 Å². The van der Waals surface area contributed by atoms with Crippen LogP contribution in [0.5, 0.6) is 0 Å². The molecule has 1 aliphatic rings. The van der Waals surface area contributed by atoms with E-state index in [9.17, 15) is 4.79 Å². The quantitative estimate of drug-likeness (QED) is 0.214. The number of anilines is 1. The highest BCUT2D eigenvalue weighted by Gasteiger charge is 2.27. The molecule has 1 fully saturated rings. The van der Waals surface area contributed by atoms with Crippen LogP contribution in [0.2, 0.25) is 0 Å². The van der Waals surface area contributed by atoms with Crippen molar-refractivity contribution in [3.05, 3.63) is 12.5 Å². The highest BCUT2D eigenvalue weighted by atomic mass is 127. The van der Waals surface area contributed by atoms with Crippen molar-refractivity contribution in [1.82, 2.24) is 35.3 Å². The maximum Gasteiger partial charge on any atom is 0.225 e. The van der Waals surface area contributed by atoms with Crippen molar-refractivity contribution in [2.45, 2.75) is 33.2 Å². The van der Waals surface area contributed by atoms with Gasteiger partial charge in [0, 0.05) is 45.2 Å². The number of aliphatic imine (C=N–C) groups is 1. The molecule has 0 spiro atoms. The first-order valence-corrected chi connectivity index (χ1v) is 10.2. The van der Waals surface area contributed by atoms with Crippen LogP contribution in [0, 0.1) is 5.92 Å². The Morgan fingerprint density at radius 3 is 2.90 bits per heavy atom. The molecule has 3 heterocycles. The number of rotatable bonds is 7. The van der Waals surface area contributed by atoms with E-state index in [4.69, 9.17) is 0 Å². The molecule has 2 aromatic heterocycles. The van der Waals surface area contributed by atoms with Crippen molar-refractivity contribution >= 4 is 52.7 Å². The van der Waals surface area contributed by atoms with Crippen LogP contribution in [0.3, 0.4) is 0 Å². The molecular weight excluding hydrogens is 497 g/mol. The maximum atomic E-state index is 12.2. The Kier molecular flexibility index (Phi) is 9.06. The van der Waals surface area contributed by atoms with E-state index in [2.05, 4.69) is 36.0 Å².